The Bertz CT molecular complexity index is 1560. The van der Waals surface area contributed by atoms with Crippen molar-refractivity contribution in [1.29, 1.82) is 0 Å². The number of hydrogen-bond donors (Lipinski definition) is 0. The molecule has 0 N–H and O–H groups in total. The smallest absolute Gasteiger partial charge is 0.416 e. The monoisotopic (exact) mass is 637 g/mol. The molecule has 238 valence electrons. The van der Waals surface area contributed by atoms with E-state index in [1.165, 1.54) is 27.0 Å². The normalized spacial score (nSPS) is 17.3. The Hall–Kier alpha value is -3.97. The molecule has 0 aliphatic carbocycles. The van der Waals surface area contributed by atoms with Crippen LogP contribution in [0.2, 0.25) is 0 Å². The van der Waals surface area contributed by atoms with Gasteiger partial charge in [-0.25, -0.2) is 9.18 Å². The van der Waals surface area contributed by atoms with Gasteiger partial charge < -0.3 is 9.47 Å². The minimum Gasteiger partial charge on any atom is -0.496 e. The van der Waals surface area contributed by atoms with Crippen LogP contribution in [-0.2, 0) is 23.3 Å². The average molecular weight is 638 g/mol. The molecule has 0 spiro atoms. The average Bonchev–Trinajstić information content (AvgIpc) is 3.13. The first kappa shape index (κ1) is 32.9. The van der Waals surface area contributed by atoms with Gasteiger partial charge in [0.05, 0.1) is 35.0 Å². The molecule has 0 radical (unpaired) electrons. The van der Waals surface area contributed by atoms with Gasteiger partial charge >= 0.3 is 24.6 Å². The van der Waals surface area contributed by atoms with E-state index in [9.17, 15) is 48.7 Å². The van der Waals surface area contributed by atoms with Gasteiger partial charge in [-0.05, 0) is 67.3 Å². The Balaban J connectivity index is 1.98. The molecule has 1 atom stereocenters. The number of carbonyl (C=O) groups is 1. The zero-order valence-corrected chi connectivity index (χ0v) is 23.7. The summed E-state index contributed by atoms with van der Waals surface area (Å²) < 4.78 is 149. The number of benzene rings is 3. The lowest BCUT2D eigenvalue weighted by Crippen LogP contribution is -2.43. The summed E-state index contributed by atoms with van der Waals surface area (Å²) in [6.45, 7) is 5.78. The second-order valence-electron chi connectivity index (χ2n) is 11.1. The van der Waals surface area contributed by atoms with Crippen molar-refractivity contribution in [3.8, 4) is 16.9 Å². The SMILES string of the molecule is COc1cc(F)c(C(C)C)cc1-c1ccc(C(F)(F)F)cc1N1C(=O)OC(c2cc(C(F)(F)F)cc(C(F)(F)F)c2)C1(C)C. The van der Waals surface area contributed by atoms with Crippen LogP contribution in [-0.4, -0.2) is 18.7 Å². The van der Waals surface area contributed by atoms with E-state index in [0.29, 0.717) is 24.3 Å². The molecule has 1 aliphatic heterocycles. The second-order valence-corrected chi connectivity index (χ2v) is 11.1. The molecular weight excluding hydrogens is 612 g/mol. The van der Waals surface area contributed by atoms with Crippen molar-refractivity contribution in [2.24, 2.45) is 0 Å². The Morgan fingerprint density at radius 1 is 0.795 bits per heavy atom. The summed E-state index contributed by atoms with van der Waals surface area (Å²) >= 11 is 0. The molecule has 3 aromatic rings. The third kappa shape index (κ3) is 6.03. The molecule has 14 heteroatoms. The first-order valence-electron chi connectivity index (χ1n) is 13.0. The van der Waals surface area contributed by atoms with Crippen molar-refractivity contribution >= 4 is 11.8 Å². The van der Waals surface area contributed by atoms with Crippen LogP contribution in [0.3, 0.4) is 0 Å². The molecule has 4 nitrogen and oxygen atoms in total. The minimum absolute atomic E-state index is 0.0672. The highest BCUT2D eigenvalue weighted by Crippen LogP contribution is 2.50. The summed E-state index contributed by atoms with van der Waals surface area (Å²) in [4.78, 5) is 14.1. The molecule has 0 saturated carbocycles. The van der Waals surface area contributed by atoms with Gasteiger partial charge in [-0.2, -0.15) is 39.5 Å². The van der Waals surface area contributed by atoms with Crippen LogP contribution in [0, 0.1) is 5.82 Å². The van der Waals surface area contributed by atoms with E-state index >= 15 is 0 Å². The largest absolute Gasteiger partial charge is 0.496 e. The predicted molar refractivity (Wildman–Crippen MR) is 140 cm³/mol. The van der Waals surface area contributed by atoms with Crippen LogP contribution >= 0.6 is 0 Å². The highest BCUT2D eigenvalue weighted by molar-refractivity contribution is 5.98. The van der Waals surface area contributed by atoms with Crippen LogP contribution in [0.4, 0.5) is 54.4 Å². The first-order valence-corrected chi connectivity index (χ1v) is 13.0. The van der Waals surface area contributed by atoms with Gasteiger partial charge in [-0.15, -0.1) is 0 Å². The van der Waals surface area contributed by atoms with Gasteiger partial charge in [-0.1, -0.05) is 19.9 Å². The van der Waals surface area contributed by atoms with Crippen molar-refractivity contribution in [2.45, 2.75) is 63.8 Å². The number of nitrogens with zero attached hydrogens (tertiary/aromatic N) is 1. The van der Waals surface area contributed by atoms with Crippen LogP contribution in [0.25, 0.3) is 11.1 Å². The van der Waals surface area contributed by atoms with Gasteiger partial charge in [0.1, 0.15) is 11.6 Å². The summed E-state index contributed by atoms with van der Waals surface area (Å²) in [5.74, 6) is -1.17. The number of anilines is 1. The third-order valence-electron chi connectivity index (χ3n) is 7.33. The van der Waals surface area contributed by atoms with Gasteiger partial charge in [0.2, 0.25) is 0 Å². The lowest BCUT2D eigenvalue weighted by atomic mass is 9.87. The van der Waals surface area contributed by atoms with E-state index in [0.717, 1.165) is 17.0 Å². The third-order valence-corrected chi connectivity index (χ3v) is 7.33. The zero-order valence-electron chi connectivity index (χ0n) is 23.7. The Morgan fingerprint density at radius 3 is 1.82 bits per heavy atom. The molecule has 1 unspecified atom stereocenters. The number of methoxy groups -OCH3 is 1. The van der Waals surface area contributed by atoms with E-state index in [1.807, 2.05) is 0 Å². The van der Waals surface area contributed by atoms with Crippen LogP contribution in [0.15, 0.2) is 48.5 Å². The van der Waals surface area contributed by atoms with Crippen molar-refractivity contribution < 1.29 is 58.2 Å². The summed E-state index contributed by atoms with van der Waals surface area (Å²) in [5.41, 5.74) is -7.34. The Morgan fingerprint density at radius 2 is 1.34 bits per heavy atom. The van der Waals surface area contributed by atoms with Crippen molar-refractivity contribution in [2.75, 3.05) is 12.0 Å². The van der Waals surface area contributed by atoms with Gasteiger partial charge in [0.25, 0.3) is 0 Å². The van der Waals surface area contributed by atoms with Crippen molar-refractivity contribution in [1.82, 2.24) is 0 Å². The van der Waals surface area contributed by atoms with Crippen molar-refractivity contribution in [3.63, 3.8) is 0 Å². The standard InChI is InChI=1S/C30H25F10NO3/c1-14(2)20-12-21(24(43-5)13-22(20)31)19-7-6-16(28(32,33)34)11-23(19)41-26(42)44-25(27(41,3)4)15-8-17(29(35,36)37)10-18(9-15)30(38,39)40/h6-14,25H,1-5H3. The summed E-state index contributed by atoms with van der Waals surface area (Å²) in [7, 11) is 1.19. The van der Waals surface area contributed by atoms with Gasteiger partial charge in [-0.3, -0.25) is 4.90 Å². The molecule has 1 heterocycles. The molecule has 0 aromatic heterocycles. The molecular formula is C30H25F10NO3. The first-order chi connectivity index (χ1) is 20.1. The fourth-order valence-corrected chi connectivity index (χ4v) is 5.18. The molecule has 1 aliphatic rings. The summed E-state index contributed by atoms with van der Waals surface area (Å²) in [6.07, 6.45) is -18.5. The van der Waals surface area contributed by atoms with Crippen LogP contribution < -0.4 is 9.64 Å². The van der Waals surface area contributed by atoms with E-state index < -0.39 is 70.0 Å². The summed E-state index contributed by atoms with van der Waals surface area (Å²) in [5, 5.41) is 0. The summed E-state index contributed by atoms with van der Waals surface area (Å²) in [6, 6.07) is 5.37. The number of alkyl halides is 9. The van der Waals surface area contributed by atoms with Gasteiger partial charge in [0, 0.05) is 17.2 Å². The second kappa shape index (κ2) is 10.9. The molecule has 44 heavy (non-hydrogen) atoms. The maximum absolute atomic E-state index is 14.8. The Labute approximate surface area is 245 Å². The number of ether oxygens (including phenoxy) is 2. The molecule has 1 saturated heterocycles. The van der Waals surface area contributed by atoms with E-state index in [1.54, 1.807) is 13.8 Å². The fourth-order valence-electron chi connectivity index (χ4n) is 5.18. The molecule has 3 aromatic carbocycles. The zero-order chi connectivity index (χ0) is 33.2. The quantitative estimate of drug-likeness (QED) is 0.262. The molecule has 4 rings (SSSR count). The minimum atomic E-state index is -5.20. The number of carbonyl (C=O) groups excluding carboxylic acids is 1. The lowest BCUT2D eigenvalue weighted by Gasteiger charge is -2.34. The fraction of sp³-hybridized carbons (Fsp3) is 0.367. The highest BCUT2D eigenvalue weighted by Gasteiger charge is 2.52. The van der Waals surface area contributed by atoms with E-state index in [-0.39, 0.29) is 34.4 Å². The number of hydrogen-bond acceptors (Lipinski definition) is 3. The maximum Gasteiger partial charge on any atom is 0.416 e. The highest BCUT2D eigenvalue weighted by atomic mass is 19.4. The maximum atomic E-state index is 14.8. The predicted octanol–water partition coefficient (Wildman–Crippen LogP) is 10.2. The number of amides is 1. The lowest BCUT2D eigenvalue weighted by molar-refractivity contribution is -0.143. The number of cyclic esters (lactones) is 1. The molecule has 1 fully saturated rings. The molecule has 1 amide bonds. The number of rotatable bonds is 5. The van der Waals surface area contributed by atoms with Crippen LogP contribution in [0.1, 0.15) is 67.5 Å². The molecule has 0 bridgehead atoms. The topological polar surface area (TPSA) is 38.8 Å². The Kier molecular flexibility index (Phi) is 8.14. The number of halogens is 10. The van der Waals surface area contributed by atoms with Crippen molar-refractivity contribution in [3.05, 3.63) is 82.2 Å². The van der Waals surface area contributed by atoms with Crippen LogP contribution in [0.5, 0.6) is 5.75 Å². The van der Waals surface area contributed by atoms with E-state index in [4.69, 9.17) is 9.47 Å². The van der Waals surface area contributed by atoms with Gasteiger partial charge in [0.15, 0.2) is 6.10 Å². The van der Waals surface area contributed by atoms with E-state index in [2.05, 4.69) is 0 Å².